The normalized spacial score (nSPS) is 14.6. The van der Waals surface area contributed by atoms with Gasteiger partial charge >= 0.3 is 5.97 Å². The first-order valence-corrected chi connectivity index (χ1v) is 9.01. The number of ether oxygens (including phenoxy) is 2. The summed E-state index contributed by atoms with van der Waals surface area (Å²) in [4.78, 5) is 26.7. The van der Waals surface area contributed by atoms with Gasteiger partial charge in [0.2, 0.25) is 0 Å². The minimum Gasteiger partial charge on any atom is -0.449 e. The van der Waals surface area contributed by atoms with Gasteiger partial charge in [-0.1, -0.05) is 6.07 Å². The molecule has 0 bridgehead atoms. The van der Waals surface area contributed by atoms with Gasteiger partial charge in [0.05, 0.1) is 30.4 Å². The van der Waals surface area contributed by atoms with Crippen LogP contribution in [0.5, 0.6) is 0 Å². The summed E-state index contributed by atoms with van der Waals surface area (Å²) >= 11 is 0. The number of amides is 1. The van der Waals surface area contributed by atoms with Crippen molar-refractivity contribution < 1.29 is 19.1 Å². The molecule has 0 radical (unpaired) electrons. The fourth-order valence-electron chi connectivity index (χ4n) is 2.82. The van der Waals surface area contributed by atoms with E-state index in [1.165, 1.54) is 19.1 Å². The molecule has 1 aliphatic rings. The number of carbonyl (C=O) groups excluding carboxylic acids is 2. The van der Waals surface area contributed by atoms with Crippen molar-refractivity contribution in [3.05, 3.63) is 59.7 Å². The number of morpholine rings is 1. The molecule has 1 amide bonds. The van der Waals surface area contributed by atoms with Crippen LogP contribution in [0.25, 0.3) is 0 Å². The van der Waals surface area contributed by atoms with Crippen molar-refractivity contribution in [2.45, 2.75) is 13.0 Å². The van der Waals surface area contributed by atoms with Gasteiger partial charge in [0.15, 0.2) is 6.10 Å². The van der Waals surface area contributed by atoms with Gasteiger partial charge < -0.3 is 19.7 Å². The lowest BCUT2D eigenvalue weighted by Gasteiger charge is -2.28. The van der Waals surface area contributed by atoms with Gasteiger partial charge in [-0.05, 0) is 49.4 Å². The molecule has 2 aromatic carbocycles. The number of nitrogens with one attached hydrogen (secondary N) is 1. The molecule has 1 aliphatic heterocycles. The highest BCUT2D eigenvalue weighted by Gasteiger charge is 2.19. The average molecular weight is 379 g/mol. The van der Waals surface area contributed by atoms with E-state index in [1.54, 1.807) is 12.1 Å². The van der Waals surface area contributed by atoms with Gasteiger partial charge in [-0.15, -0.1) is 0 Å². The van der Waals surface area contributed by atoms with E-state index in [1.807, 2.05) is 30.3 Å². The van der Waals surface area contributed by atoms with Crippen LogP contribution in [0.1, 0.15) is 22.8 Å². The van der Waals surface area contributed by atoms with Gasteiger partial charge in [0.25, 0.3) is 5.91 Å². The third kappa shape index (κ3) is 4.87. The summed E-state index contributed by atoms with van der Waals surface area (Å²) in [6, 6.07) is 15.6. The lowest BCUT2D eigenvalue weighted by atomic mass is 10.1. The average Bonchev–Trinajstić information content (AvgIpc) is 2.74. The molecular weight excluding hydrogens is 358 g/mol. The van der Waals surface area contributed by atoms with Crippen molar-refractivity contribution in [2.24, 2.45) is 0 Å². The van der Waals surface area contributed by atoms with Gasteiger partial charge in [-0.2, -0.15) is 5.26 Å². The Morgan fingerprint density at radius 2 is 1.89 bits per heavy atom. The van der Waals surface area contributed by atoms with E-state index in [9.17, 15) is 9.59 Å². The molecule has 0 aliphatic carbocycles. The summed E-state index contributed by atoms with van der Waals surface area (Å²) in [6.07, 6.45) is -0.975. The Morgan fingerprint density at radius 1 is 1.18 bits per heavy atom. The Hall–Kier alpha value is -3.37. The van der Waals surface area contributed by atoms with Crippen molar-refractivity contribution in [3.63, 3.8) is 0 Å². The van der Waals surface area contributed by atoms with Gasteiger partial charge in [-0.3, -0.25) is 4.79 Å². The minimum absolute atomic E-state index is 0.230. The number of hydrogen-bond donors (Lipinski definition) is 1. The number of hydrogen-bond acceptors (Lipinski definition) is 6. The monoisotopic (exact) mass is 379 g/mol. The Bertz CT molecular complexity index is 883. The van der Waals surface area contributed by atoms with Crippen LogP contribution in [0.3, 0.4) is 0 Å². The van der Waals surface area contributed by atoms with E-state index in [4.69, 9.17) is 14.7 Å². The molecule has 0 spiro atoms. The van der Waals surface area contributed by atoms with Crippen LogP contribution in [-0.2, 0) is 14.3 Å². The summed E-state index contributed by atoms with van der Waals surface area (Å²) in [6.45, 7) is 4.60. The molecule has 1 saturated heterocycles. The predicted molar refractivity (Wildman–Crippen MR) is 104 cm³/mol. The number of carbonyl (C=O) groups is 2. The lowest BCUT2D eigenvalue weighted by Crippen LogP contribution is -2.36. The Balaban J connectivity index is 1.56. The zero-order chi connectivity index (χ0) is 19.9. The third-order valence-corrected chi connectivity index (χ3v) is 4.39. The highest BCUT2D eigenvalue weighted by molar-refractivity contribution is 5.97. The lowest BCUT2D eigenvalue weighted by molar-refractivity contribution is -0.123. The largest absolute Gasteiger partial charge is 0.449 e. The van der Waals surface area contributed by atoms with E-state index in [0.29, 0.717) is 24.5 Å². The fourth-order valence-corrected chi connectivity index (χ4v) is 2.82. The Morgan fingerprint density at radius 3 is 2.57 bits per heavy atom. The molecule has 2 aromatic rings. The van der Waals surface area contributed by atoms with Crippen molar-refractivity contribution in [1.82, 2.24) is 0 Å². The van der Waals surface area contributed by atoms with Crippen molar-refractivity contribution in [3.8, 4) is 6.07 Å². The second-order valence-electron chi connectivity index (χ2n) is 6.38. The van der Waals surface area contributed by atoms with Crippen molar-refractivity contribution in [1.29, 1.82) is 5.26 Å². The highest BCUT2D eigenvalue weighted by Crippen LogP contribution is 2.19. The third-order valence-electron chi connectivity index (χ3n) is 4.39. The zero-order valence-electron chi connectivity index (χ0n) is 15.6. The topological polar surface area (TPSA) is 91.7 Å². The summed E-state index contributed by atoms with van der Waals surface area (Å²) in [5, 5.41) is 11.6. The van der Waals surface area contributed by atoms with Crippen molar-refractivity contribution >= 4 is 23.3 Å². The number of benzene rings is 2. The second-order valence-corrected chi connectivity index (χ2v) is 6.38. The summed E-state index contributed by atoms with van der Waals surface area (Å²) in [5.41, 5.74) is 2.27. The molecule has 7 nitrogen and oxygen atoms in total. The van der Waals surface area contributed by atoms with Crippen LogP contribution >= 0.6 is 0 Å². The van der Waals surface area contributed by atoms with Gasteiger partial charge in [-0.25, -0.2) is 4.79 Å². The highest BCUT2D eigenvalue weighted by atomic mass is 16.5. The smallest absolute Gasteiger partial charge is 0.338 e. The molecule has 1 fully saturated rings. The molecule has 0 unspecified atom stereocenters. The first-order chi connectivity index (χ1) is 13.6. The molecular formula is C21H21N3O4. The van der Waals surface area contributed by atoms with Crippen LogP contribution in [0.15, 0.2) is 48.5 Å². The zero-order valence-corrected chi connectivity index (χ0v) is 15.6. The standard InChI is InChI=1S/C21H21N3O4/c1-15(28-21(26)17-4-2-3-16(13-17)14-22)20(25)23-18-5-7-19(8-6-18)24-9-11-27-12-10-24/h2-8,13,15H,9-12H2,1H3,(H,23,25)/t15-/m0/s1. The van der Waals surface area contributed by atoms with Crippen LogP contribution in [0.4, 0.5) is 11.4 Å². The molecule has 1 atom stereocenters. The molecule has 0 aromatic heterocycles. The number of rotatable bonds is 5. The molecule has 1 N–H and O–H groups in total. The predicted octanol–water partition coefficient (Wildman–Crippen LogP) is 2.58. The van der Waals surface area contributed by atoms with Crippen LogP contribution in [0.2, 0.25) is 0 Å². The summed E-state index contributed by atoms with van der Waals surface area (Å²) in [5.74, 6) is -1.08. The van der Waals surface area contributed by atoms with Crippen LogP contribution in [-0.4, -0.2) is 44.3 Å². The van der Waals surface area contributed by atoms with Crippen molar-refractivity contribution in [2.75, 3.05) is 36.5 Å². The fraction of sp³-hybridized carbons (Fsp3) is 0.286. The number of anilines is 2. The maximum atomic E-state index is 12.3. The molecule has 1 heterocycles. The molecule has 0 saturated carbocycles. The number of nitriles is 1. The quantitative estimate of drug-likeness (QED) is 0.803. The minimum atomic E-state index is -0.975. The SMILES string of the molecule is C[C@H](OC(=O)c1cccc(C#N)c1)C(=O)Nc1ccc(N2CCOCC2)cc1. The molecule has 3 rings (SSSR count). The van der Waals surface area contributed by atoms with Crippen LogP contribution in [0, 0.1) is 11.3 Å². The van der Waals surface area contributed by atoms with Gasteiger partial charge in [0.1, 0.15) is 0 Å². The first-order valence-electron chi connectivity index (χ1n) is 9.01. The molecule has 144 valence electrons. The maximum absolute atomic E-state index is 12.3. The maximum Gasteiger partial charge on any atom is 0.338 e. The second kappa shape index (κ2) is 9.02. The van der Waals surface area contributed by atoms with E-state index >= 15 is 0 Å². The number of nitrogens with zero attached hydrogens (tertiary/aromatic N) is 2. The molecule has 28 heavy (non-hydrogen) atoms. The first kappa shape index (κ1) is 19.4. The van der Waals surface area contributed by atoms with E-state index in [0.717, 1.165) is 18.8 Å². The summed E-state index contributed by atoms with van der Waals surface area (Å²) < 4.78 is 10.6. The Labute approximate surface area is 163 Å². The molecule has 7 heteroatoms. The summed E-state index contributed by atoms with van der Waals surface area (Å²) in [7, 11) is 0. The Kier molecular flexibility index (Phi) is 6.25. The van der Waals surface area contributed by atoms with Crippen LogP contribution < -0.4 is 10.2 Å². The van der Waals surface area contributed by atoms with Gasteiger partial charge in [0, 0.05) is 24.5 Å². The number of esters is 1. The van der Waals surface area contributed by atoms with E-state index in [-0.39, 0.29) is 5.56 Å². The van der Waals surface area contributed by atoms with E-state index in [2.05, 4.69) is 10.2 Å². The van der Waals surface area contributed by atoms with E-state index < -0.39 is 18.0 Å².